The van der Waals surface area contributed by atoms with Crippen molar-refractivity contribution >= 4 is 29.1 Å². The Morgan fingerprint density at radius 2 is 1.95 bits per heavy atom. The monoisotopic (exact) mass is 323 g/mol. The number of halogens is 3. The van der Waals surface area contributed by atoms with Gasteiger partial charge in [-0.3, -0.25) is 4.98 Å². The first kappa shape index (κ1) is 13.9. The number of pyridine rings is 1. The number of nitrogens with zero attached hydrogens (tertiary/aromatic N) is 2. The highest BCUT2D eigenvalue weighted by Gasteiger charge is 2.20. The molecule has 0 atom stereocenters. The minimum absolute atomic E-state index is 0.0819. The van der Waals surface area contributed by atoms with Gasteiger partial charge in [-0.25, -0.2) is 4.39 Å². The molecule has 0 spiro atoms. The minimum Gasteiger partial charge on any atom is -0.367 e. The van der Waals surface area contributed by atoms with Gasteiger partial charge in [-0.05, 0) is 18.2 Å². The molecule has 21 heavy (non-hydrogen) atoms. The summed E-state index contributed by atoms with van der Waals surface area (Å²) in [5.41, 5.74) is 7.70. The number of rotatable bonds is 2. The Kier molecular flexibility index (Phi) is 3.53. The number of hydrogen-bond donors (Lipinski definition) is 1. The average molecular weight is 324 g/mol. The average Bonchev–Trinajstić information content (AvgIpc) is 2.81. The number of nitrogens with two attached hydrogens (primary N) is 1. The Labute approximate surface area is 129 Å². The topological polar surface area (TPSA) is 64.9 Å². The van der Waals surface area contributed by atoms with Crippen LogP contribution in [0.3, 0.4) is 0 Å². The first-order chi connectivity index (χ1) is 10.1. The lowest BCUT2D eigenvalue weighted by Crippen LogP contribution is -1.90. The number of anilines is 1. The molecule has 0 amide bonds. The van der Waals surface area contributed by atoms with Crippen LogP contribution in [-0.2, 0) is 0 Å². The predicted octanol–water partition coefficient (Wildman–Crippen LogP) is 4.43. The summed E-state index contributed by atoms with van der Waals surface area (Å²) in [5, 5.41) is 4.75. The molecular weight excluding hydrogens is 316 g/mol. The van der Waals surface area contributed by atoms with Crippen molar-refractivity contribution in [2.24, 2.45) is 0 Å². The number of benzene rings is 1. The van der Waals surface area contributed by atoms with Gasteiger partial charge in [0.25, 0.3) is 0 Å². The van der Waals surface area contributed by atoms with Gasteiger partial charge in [0.1, 0.15) is 11.5 Å². The highest BCUT2D eigenvalue weighted by Crippen LogP contribution is 2.40. The smallest absolute Gasteiger partial charge is 0.230 e. The summed E-state index contributed by atoms with van der Waals surface area (Å²) in [6.45, 7) is 0. The van der Waals surface area contributed by atoms with E-state index in [1.165, 1.54) is 12.3 Å². The van der Waals surface area contributed by atoms with Crippen molar-refractivity contribution < 1.29 is 8.91 Å². The van der Waals surface area contributed by atoms with Crippen LogP contribution in [0.5, 0.6) is 0 Å². The van der Waals surface area contributed by atoms with Gasteiger partial charge in [-0.2, -0.15) is 0 Å². The summed E-state index contributed by atoms with van der Waals surface area (Å²) in [4.78, 5) is 3.79. The van der Waals surface area contributed by atoms with E-state index in [4.69, 9.17) is 33.5 Å². The molecule has 0 saturated heterocycles. The molecular formula is C14H8Cl2FN3O. The SMILES string of the molecule is Nc1onc(-c2cncc(F)c2)c1-c1ccc(Cl)cc1Cl. The second kappa shape index (κ2) is 5.35. The van der Waals surface area contributed by atoms with Gasteiger partial charge in [-0.1, -0.05) is 34.4 Å². The lowest BCUT2D eigenvalue weighted by Gasteiger charge is -2.05. The first-order valence-electron chi connectivity index (χ1n) is 5.88. The number of hydrogen-bond acceptors (Lipinski definition) is 4. The maximum Gasteiger partial charge on any atom is 0.230 e. The standard InChI is InChI=1S/C14H8Cl2FN3O/c15-8-1-2-10(11(16)4-8)12-13(20-21-14(12)18)7-3-9(17)6-19-5-7/h1-6H,18H2. The molecule has 2 heterocycles. The van der Waals surface area contributed by atoms with Gasteiger partial charge in [0.05, 0.1) is 16.8 Å². The van der Waals surface area contributed by atoms with Crippen molar-refractivity contribution in [3.8, 4) is 22.4 Å². The summed E-state index contributed by atoms with van der Waals surface area (Å²) >= 11 is 12.1. The fraction of sp³-hybridized carbons (Fsp3) is 0. The summed E-state index contributed by atoms with van der Waals surface area (Å²) in [7, 11) is 0. The molecule has 3 aromatic rings. The molecule has 1 aromatic carbocycles. The number of aromatic nitrogens is 2. The predicted molar refractivity (Wildman–Crippen MR) is 79.6 cm³/mol. The molecule has 0 aliphatic carbocycles. The molecule has 0 aliphatic heterocycles. The molecule has 3 rings (SSSR count). The van der Waals surface area contributed by atoms with E-state index in [1.807, 2.05) is 0 Å². The van der Waals surface area contributed by atoms with E-state index in [-0.39, 0.29) is 5.88 Å². The molecule has 2 N–H and O–H groups in total. The number of nitrogen functional groups attached to an aromatic ring is 1. The molecule has 0 radical (unpaired) electrons. The second-order valence-electron chi connectivity index (χ2n) is 4.29. The Morgan fingerprint density at radius 3 is 2.67 bits per heavy atom. The highest BCUT2D eigenvalue weighted by molar-refractivity contribution is 6.36. The van der Waals surface area contributed by atoms with Crippen LogP contribution in [0.25, 0.3) is 22.4 Å². The van der Waals surface area contributed by atoms with Gasteiger partial charge in [0.15, 0.2) is 0 Å². The van der Waals surface area contributed by atoms with Crippen molar-refractivity contribution in [2.75, 3.05) is 5.73 Å². The largest absolute Gasteiger partial charge is 0.367 e. The molecule has 0 saturated carbocycles. The highest BCUT2D eigenvalue weighted by atomic mass is 35.5. The molecule has 7 heteroatoms. The molecule has 0 fully saturated rings. The zero-order valence-electron chi connectivity index (χ0n) is 10.5. The Morgan fingerprint density at radius 1 is 1.14 bits per heavy atom. The lowest BCUT2D eigenvalue weighted by atomic mass is 10.0. The molecule has 0 bridgehead atoms. The van der Waals surface area contributed by atoms with E-state index in [0.717, 1.165) is 6.20 Å². The zero-order chi connectivity index (χ0) is 15.0. The fourth-order valence-corrected chi connectivity index (χ4v) is 2.50. The van der Waals surface area contributed by atoms with Crippen LogP contribution >= 0.6 is 23.2 Å². The third-order valence-corrected chi connectivity index (χ3v) is 3.45. The minimum atomic E-state index is -0.484. The maximum atomic E-state index is 13.3. The van der Waals surface area contributed by atoms with Crippen molar-refractivity contribution in [3.63, 3.8) is 0 Å². The van der Waals surface area contributed by atoms with Crippen LogP contribution in [0.15, 0.2) is 41.2 Å². The van der Waals surface area contributed by atoms with Crippen molar-refractivity contribution in [2.45, 2.75) is 0 Å². The van der Waals surface area contributed by atoms with Gasteiger partial charge >= 0.3 is 0 Å². The normalized spacial score (nSPS) is 10.8. The Hall–Kier alpha value is -2.11. The van der Waals surface area contributed by atoms with Gasteiger partial charge in [0.2, 0.25) is 5.88 Å². The van der Waals surface area contributed by atoms with Crippen LogP contribution in [0.1, 0.15) is 0 Å². The molecule has 106 valence electrons. The van der Waals surface area contributed by atoms with Crippen molar-refractivity contribution in [1.29, 1.82) is 0 Å². The van der Waals surface area contributed by atoms with Crippen LogP contribution in [-0.4, -0.2) is 10.1 Å². The van der Waals surface area contributed by atoms with Crippen molar-refractivity contribution in [3.05, 3.63) is 52.5 Å². The van der Waals surface area contributed by atoms with E-state index >= 15 is 0 Å². The zero-order valence-corrected chi connectivity index (χ0v) is 12.0. The third-order valence-electron chi connectivity index (χ3n) is 2.90. The van der Waals surface area contributed by atoms with E-state index in [1.54, 1.807) is 18.2 Å². The van der Waals surface area contributed by atoms with Crippen LogP contribution in [0.4, 0.5) is 10.3 Å². The van der Waals surface area contributed by atoms with Gasteiger partial charge < -0.3 is 10.3 Å². The summed E-state index contributed by atoms with van der Waals surface area (Å²) in [6, 6.07) is 6.24. The van der Waals surface area contributed by atoms with Crippen molar-refractivity contribution in [1.82, 2.24) is 10.1 Å². The summed E-state index contributed by atoms with van der Waals surface area (Å²) in [5.74, 6) is -0.402. The van der Waals surface area contributed by atoms with E-state index in [0.29, 0.717) is 32.4 Å². The fourth-order valence-electron chi connectivity index (χ4n) is 1.99. The lowest BCUT2D eigenvalue weighted by molar-refractivity contribution is 0.439. The quantitative estimate of drug-likeness (QED) is 0.757. The van der Waals surface area contributed by atoms with E-state index in [2.05, 4.69) is 10.1 Å². The molecule has 0 unspecified atom stereocenters. The summed E-state index contributed by atoms with van der Waals surface area (Å²) < 4.78 is 18.3. The molecule has 4 nitrogen and oxygen atoms in total. The second-order valence-corrected chi connectivity index (χ2v) is 5.13. The molecule has 2 aromatic heterocycles. The third kappa shape index (κ3) is 2.57. The van der Waals surface area contributed by atoms with E-state index < -0.39 is 5.82 Å². The van der Waals surface area contributed by atoms with E-state index in [9.17, 15) is 4.39 Å². The van der Waals surface area contributed by atoms with Gasteiger partial charge in [-0.15, -0.1) is 0 Å². The Balaban J connectivity index is 2.22. The maximum absolute atomic E-state index is 13.3. The first-order valence-corrected chi connectivity index (χ1v) is 6.63. The van der Waals surface area contributed by atoms with Crippen LogP contribution in [0.2, 0.25) is 10.0 Å². The van der Waals surface area contributed by atoms with Crippen LogP contribution < -0.4 is 5.73 Å². The summed E-state index contributed by atoms with van der Waals surface area (Å²) in [6.07, 6.45) is 2.57. The Bertz CT molecular complexity index is 820. The van der Waals surface area contributed by atoms with Gasteiger partial charge in [0, 0.05) is 22.3 Å². The molecule has 0 aliphatic rings. The van der Waals surface area contributed by atoms with Crippen LogP contribution in [0, 0.1) is 5.82 Å².